The van der Waals surface area contributed by atoms with Crippen LogP contribution in [-0.2, 0) is 0 Å². The molecular formula is C8H12N4O. The van der Waals surface area contributed by atoms with Crippen LogP contribution >= 0.6 is 0 Å². The van der Waals surface area contributed by atoms with Gasteiger partial charge < -0.3 is 10.2 Å². The number of ether oxygens (including phenoxy) is 1. The van der Waals surface area contributed by atoms with Crippen molar-refractivity contribution in [1.29, 1.82) is 0 Å². The Hall–Kier alpha value is -1.62. The van der Waals surface area contributed by atoms with Crippen molar-refractivity contribution in [2.45, 2.75) is 6.92 Å². The van der Waals surface area contributed by atoms with Gasteiger partial charge in [-0.3, -0.25) is 0 Å². The maximum absolute atomic E-state index is 5.21. The zero-order chi connectivity index (χ0) is 9.68. The van der Waals surface area contributed by atoms with Crippen molar-refractivity contribution in [3.63, 3.8) is 0 Å². The second kappa shape index (κ2) is 4.42. The first-order valence-corrected chi connectivity index (χ1v) is 3.82. The molecule has 3 N–H and O–H groups in total. The summed E-state index contributed by atoms with van der Waals surface area (Å²) in [4.78, 5) is 8.05. The third-order valence-corrected chi connectivity index (χ3v) is 1.31. The lowest BCUT2D eigenvalue weighted by Gasteiger charge is -2.05. The molecule has 0 amide bonds. The summed E-state index contributed by atoms with van der Waals surface area (Å²) >= 11 is 0. The number of aryl methyl sites for hydroxylation is 1. The van der Waals surface area contributed by atoms with Gasteiger partial charge in [-0.05, 0) is 6.92 Å². The van der Waals surface area contributed by atoms with E-state index < -0.39 is 0 Å². The van der Waals surface area contributed by atoms with Gasteiger partial charge in [-0.25, -0.2) is 10.8 Å². The number of nitrogens with one attached hydrogen (secondary N) is 1. The van der Waals surface area contributed by atoms with E-state index in [2.05, 4.69) is 22.0 Å². The fraction of sp³-hybridized carbons (Fsp3) is 0.250. The quantitative estimate of drug-likeness (QED) is 0.404. The van der Waals surface area contributed by atoms with Crippen LogP contribution in [0.2, 0.25) is 0 Å². The van der Waals surface area contributed by atoms with Crippen molar-refractivity contribution in [2.24, 2.45) is 5.84 Å². The Labute approximate surface area is 76.6 Å². The molecule has 5 heteroatoms. The van der Waals surface area contributed by atoms with Crippen LogP contribution in [0.25, 0.3) is 0 Å². The molecular weight excluding hydrogens is 168 g/mol. The minimum absolute atomic E-state index is 0.417. The van der Waals surface area contributed by atoms with Gasteiger partial charge in [0.25, 0.3) is 0 Å². The molecule has 0 aliphatic rings. The van der Waals surface area contributed by atoms with Crippen LogP contribution in [0.3, 0.4) is 0 Å². The third-order valence-electron chi connectivity index (χ3n) is 1.31. The molecule has 0 aliphatic heterocycles. The van der Waals surface area contributed by atoms with Crippen molar-refractivity contribution in [3.8, 4) is 5.88 Å². The Morgan fingerprint density at radius 2 is 2.46 bits per heavy atom. The first-order chi connectivity index (χ1) is 6.26. The number of nitrogens with two attached hydrogens (primary N) is 1. The average Bonchev–Trinajstić information content (AvgIpc) is 2.14. The van der Waals surface area contributed by atoms with Crippen molar-refractivity contribution >= 4 is 5.82 Å². The van der Waals surface area contributed by atoms with Crippen LogP contribution in [-0.4, -0.2) is 16.6 Å². The van der Waals surface area contributed by atoms with Gasteiger partial charge in [0.1, 0.15) is 18.2 Å². The predicted octanol–water partition coefficient (Wildman–Crippen LogP) is 0.635. The number of rotatable bonds is 4. The van der Waals surface area contributed by atoms with E-state index in [1.54, 1.807) is 19.1 Å². The minimum atomic E-state index is 0.417. The largest absolute Gasteiger partial charge is 0.473 e. The van der Waals surface area contributed by atoms with E-state index in [1.807, 2.05) is 0 Å². The standard InChI is InChI=1S/C8H12N4O/c1-3-4-13-8-5-7(12-9)10-6(2)11-8/h3,5H,1,4,9H2,2H3,(H,10,11,12). The Balaban J connectivity index is 2.81. The summed E-state index contributed by atoms with van der Waals surface area (Å²) in [5.74, 6) is 6.83. The van der Waals surface area contributed by atoms with E-state index in [-0.39, 0.29) is 0 Å². The zero-order valence-corrected chi connectivity index (χ0v) is 7.45. The van der Waals surface area contributed by atoms with Gasteiger partial charge in [-0.15, -0.1) is 0 Å². The highest BCUT2D eigenvalue weighted by Crippen LogP contribution is 2.11. The number of hydrazine groups is 1. The number of hydrogen-bond acceptors (Lipinski definition) is 5. The molecule has 0 saturated heterocycles. The highest BCUT2D eigenvalue weighted by Gasteiger charge is 1.99. The Kier molecular flexibility index (Phi) is 3.22. The molecule has 0 radical (unpaired) electrons. The highest BCUT2D eigenvalue weighted by molar-refractivity contribution is 5.36. The minimum Gasteiger partial charge on any atom is -0.473 e. The van der Waals surface area contributed by atoms with E-state index in [4.69, 9.17) is 10.6 Å². The highest BCUT2D eigenvalue weighted by atomic mass is 16.5. The van der Waals surface area contributed by atoms with Crippen molar-refractivity contribution in [2.75, 3.05) is 12.0 Å². The Morgan fingerprint density at radius 3 is 3.08 bits per heavy atom. The molecule has 0 saturated carbocycles. The topological polar surface area (TPSA) is 73.1 Å². The van der Waals surface area contributed by atoms with Crippen LogP contribution in [0.15, 0.2) is 18.7 Å². The van der Waals surface area contributed by atoms with E-state index in [1.165, 1.54) is 0 Å². The van der Waals surface area contributed by atoms with Crippen LogP contribution < -0.4 is 16.0 Å². The van der Waals surface area contributed by atoms with Crippen molar-refractivity contribution in [3.05, 3.63) is 24.5 Å². The lowest BCUT2D eigenvalue weighted by molar-refractivity contribution is 0.347. The van der Waals surface area contributed by atoms with Crippen LogP contribution in [0.4, 0.5) is 5.82 Å². The molecule has 5 nitrogen and oxygen atoms in total. The summed E-state index contributed by atoms with van der Waals surface area (Å²) in [6.45, 7) is 5.71. The normalized spacial score (nSPS) is 9.38. The summed E-state index contributed by atoms with van der Waals surface area (Å²) in [6.07, 6.45) is 1.65. The molecule has 0 unspecified atom stereocenters. The number of hydrogen-bond donors (Lipinski definition) is 2. The lowest BCUT2D eigenvalue weighted by Crippen LogP contribution is -2.10. The second-order valence-electron chi connectivity index (χ2n) is 2.38. The van der Waals surface area contributed by atoms with E-state index in [0.29, 0.717) is 24.1 Å². The summed E-state index contributed by atoms with van der Waals surface area (Å²) in [5.41, 5.74) is 2.43. The maximum Gasteiger partial charge on any atom is 0.219 e. The van der Waals surface area contributed by atoms with Gasteiger partial charge in [0.05, 0.1) is 0 Å². The molecule has 1 aromatic rings. The zero-order valence-electron chi connectivity index (χ0n) is 7.45. The fourth-order valence-electron chi connectivity index (χ4n) is 0.832. The van der Waals surface area contributed by atoms with Gasteiger partial charge in [-0.1, -0.05) is 12.7 Å². The third kappa shape index (κ3) is 2.72. The smallest absolute Gasteiger partial charge is 0.219 e. The van der Waals surface area contributed by atoms with E-state index in [9.17, 15) is 0 Å². The molecule has 13 heavy (non-hydrogen) atoms. The first kappa shape index (κ1) is 9.47. The summed E-state index contributed by atoms with van der Waals surface area (Å²) < 4.78 is 5.21. The molecule has 1 rings (SSSR count). The molecule has 0 atom stereocenters. The lowest BCUT2D eigenvalue weighted by atomic mass is 10.5. The van der Waals surface area contributed by atoms with Gasteiger partial charge in [0.2, 0.25) is 5.88 Å². The molecule has 0 fully saturated rings. The molecule has 0 bridgehead atoms. The first-order valence-electron chi connectivity index (χ1n) is 3.82. The van der Waals surface area contributed by atoms with Crippen molar-refractivity contribution < 1.29 is 4.74 Å². The Morgan fingerprint density at radius 1 is 1.69 bits per heavy atom. The monoisotopic (exact) mass is 180 g/mol. The van der Waals surface area contributed by atoms with E-state index in [0.717, 1.165) is 0 Å². The predicted molar refractivity (Wildman–Crippen MR) is 50.3 cm³/mol. The van der Waals surface area contributed by atoms with Crippen molar-refractivity contribution in [1.82, 2.24) is 9.97 Å². The number of nitrogens with zero attached hydrogens (tertiary/aromatic N) is 2. The molecule has 0 aliphatic carbocycles. The Bertz CT molecular complexity index is 300. The summed E-state index contributed by atoms with van der Waals surface area (Å²) in [7, 11) is 0. The van der Waals surface area contributed by atoms with Crippen LogP contribution in [0.5, 0.6) is 5.88 Å². The molecule has 0 spiro atoms. The average molecular weight is 180 g/mol. The van der Waals surface area contributed by atoms with Gasteiger partial charge in [0.15, 0.2) is 0 Å². The molecule has 0 aromatic carbocycles. The molecule has 1 aromatic heterocycles. The van der Waals surface area contributed by atoms with Crippen LogP contribution in [0, 0.1) is 6.92 Å². The van der Waals surface area contributed by atoms with Gasteiger partial charge in [0, 0.05) is 6.07 Å². The fourth-order valence-corrected chi connectivity index (χ4v) is 0.832. The number of aromatic nitrogens is 2. The van der Waals surface area contributed by atoms with Crippen LogP contribution in [0.1, 0.15) is 5.82 Å². The molecule has 70 valence electrons. The summed E-state index contributed by atoms with van der Waals surface area (Å²) in [5, 5.41) is 0. The molecule has 1 heterocycles. The number of nitrogen functional groups attached to an aromatic ring is 1. The van der Waals surface area contributed by atoms with E-state index >= 15 is 0 Å². The second-order valence-corrected chi connectivity index (χ2v) is 2.38. The van der Waals surface area contributed by atoms with Gasteiger partial charge >= 0.3 is 0 Å². The SMILES string of the molecule is C=CCOc1cc(NN)nc(C)n1. The number of anilines is 1. The summed E-state index contributed by atoms with van der Waals surface area (Å²) in [6, 6.07) is 1.62. The van der Waals surface area contributed by atoms with Gasteiger partial charge in [-0.2, -0.15) is 4.98 Å². The maximum atomic E-state index is 5.21.